The van der Waals surface area contributed by atoms with Crippen LogP contribution >= 0.6 is 0 Å². The maximum absolute atomic E-state index is 8.82. The molecular weight excluding hydrogens is 597 g/mol. The van der Waals surface area contributed by atoms with Gasteiger partial charge in [0.1, 0.15) is 16.8 Å². The minimum atomic E-state index is -0.474. The first kappa shape index (κ1) is 23.7. The zero-order valence-electron chi connectivity index (χ0n) is 31.2. The average molecular weight is 632 g/mol. The third-order valence-electron chi connectivity index (χ3n) is 8.80. The summed E-state index contributed by atoms with van der Waals surface area (Å²) in [6.45, 7) is 0. The molecule has 7 aromatic carbocycles. The molecule has 0 aliphatic carbocycles. The maximum atomic E-state index is 8.82. The van der Waals surface area contributed by atoms with Crippen molar-refractivity contribution in [2.24, 2.45) is 0 Å². The van der Waals surface area contributed by atoms with Gasteiger partial charge in [-0.15, -0.1) is 0 Å². The molecule has 0 aliphatic rings. The van der Waals surface area contributed by atoms with Crippen molar-refractivity contribution in [1.29, 1.82) is 0 Å². The summed E-state index contributed by atoms with van der Waals surface area (Å²) in [7, 11) is 0. The van der Waals surface area contributed by atoms with Crippen LogP contribution in [-0.4, -0.2) is 9.97 Å². The van der Waals surface area contributed by atoms with Gasteiger partial charge in [-0.2, -0.15) is 0 Å². The third-order valence-corrected chi connectivity index (χ3v) is 8.80. The van der Waals surface area contributed by atoms with Crippen LogP contribution in [0.4, 0.5) is 0 Å². The number of furan rings is 1. The summed E-state index contributed by atoms with van der Waals surface area (Å²) >= 11 is 0. The van der Waals surface area contributed by atoms with Gasteiger partial charge in [0, 0.05) is 16.5 Å². The normalized spacial score (nSPS) is 12.7. The lowest BCUT2D eigenvalue weighted by Gasteiger charge is -2.10. The summed E-state index contributed by atoms with van der Waals surface area (Å²) in [5.41, 5.74) is 10.5. The van der Waals surface area contributed by atoms with Crippen LogP contribution in [0.5, 0.6) is 0 Å². The van der Waals surface area contributed by atoms with Crippen molar-refractivity contribution in [2.75, 3.05) is 0 Å². The fraction of sp³-hybridized carbons (Fsp3) is 0. The highest BCUT2D eigenvalue weighted by Gasteiger charge is 2.19. The quantitative estimate of drug-likeness (QED) is 0.183. The molecule has 0 amide bonds. The van der Waals surface area contributed by atoms with Crippen molar-refractivity contribution >= 4 is 22.1 Å². The summed E-state index contributed by atoms with van der Waals surface area (Å²) in [5, 5.41) is 0.726. The van der Waals surface area contributed by atoms with Crippen molar-refractivity contribution < 1.29 is 11.3 Å². The Morgan fingerprint density at radius 2 is 0.898 bits per heavy atom. The van der Waals surface area contributed by atoms with Crippen molar-refractivity contribution in [3.63, 3.8) is 0 Å². The highest BCUT2D eigenvalue weighted by molar-refractivity contribution is 6.08. The smallest absolute Gasteiger partial charge is 0.180 e. The summed E-state index contributed by atoms with van der Waals surface area (Å²) in [4.78, 5) is 9.93. The Kier molecular flexibility index (Phi) is 5.91. The van der Waals surface area contributed by atoms with E-state index in [1.807, 2.05) is 97.1 Å². The fourth-order valence-corrected chi connectivity index (χ4v) is 6.32. The van der Waals surface area contributed by atoms with Gasteiger partial charge in [0.25, 0.3) is 0 Å². The zero-order chi connectivity index (χ0) is 36.9. The molecule has 3 nitrogen and oxygen atoms in total. The largest absolute Gasteiger partial charge is 0.452 e. The second-order valence-corrected chi connectivity index (χ2v) is 11.9. The fourth-order valence-electron chi connectivity index (χ4n) is 6.32. The van der Waals surface area contributed by atoms with Gasteiger partial charge in [-0.25, -0.2) is 9.97 Å². The van der Waals surface area contributed by atoms with Crippen molar-refractivity contribution in [2.45, 2.75) is 0 Å². The van der Waals surface area contributed by atoms with E-state index in [9.17, 15) is 0 Å². The van der Waals surface area contributed by atoms with Crippen LogP contribution in [0.15, 0.2) is 186 Å². The van der Waals surface area contributed by atoms with Crippen LogP contribution < -0.4 is 0 Å². The summed E-state index contributed by atoms with van der Waals surface area (Å²) < 4.78 is 49.1. The standard InChI is InChI=1S/C46H30N2O/c1-4-12-31(13-5-1)33-22-24-34(25-23-33)36-18-10-19-37(28-36)38-20-11-21-40(29-38)46-47-43(35-16-8-3-9-17-35)45-44(48-46)41-27-26-39(30-42(41)49-45)32-14-6-2-7-15-32/h1-30H/i3D,8D,9D,16D,17D. The minimum Gasteiger partial charge on any atom is -0.452 e. The Labute approximate surface area is 291 Å². The summed E-state index contributed by atoms with van der Waals surface area (Å²) in [5.74, 6) is 0.341. The molecule has 0 atom stereocenters. The predicted octanol–water partition coefficient (Wildman–Crippen LogP) is 12.4. The van der Waals surface area contributed by atoms with Crippen LogP contribution in [0.25, 0.3) is 89.2 Å². The van der Waals surface area contributed by atoms with Gasteiger partial charge in [-0.1, -0.05) is 158 Å². The van der Waals surface area contributed by atoms with Gasteiger partial charge in [0.15, 0.2) is 11.4 Å². The minimum absolute atomic E-state index is 0.0425. The average Bonchev–Trinajstić information content (AvgIpc) is 3.61. The van der Waals surface area contributed by atoms with E-state index in [-0.39, 0.29) is 28.9 Å². The molecule has 49 heavy (non-hydrogen) atoms. The van der Waals surface area contributed by atoms with Gasteiger partial charge in [-0.3, -0.25) is 0 Å². The first-order valence-corrected chi connectivity index (χ1v) is 16.1. The number of benzene rings is 7. The van der Waals surface area contributed by atoms with Crippen LogP contribution in [0.1, 0.15) is 6.85 Å². The lowest BCUT2D eigenvalue weighted by molar-refractivity contribution is 0.667. The molecule has 0 saturated heterocycles. The number of rotatable bonds is 6. The second-order valence-electron chi connectivity index (χ2n) is 11.9. The topological polar surface area (TPSA) is 38.9 Å². The number of nitrogens with zero attached hydrogens (tertiary/aromatic N) is 2. The third kappa shape index (κ3) is 5.48. The van der Waals surface area contributed by atoms with Crippen LogP contribution in [0.3, 0.4) is 0 Å². The molecular formula is C46H30N2O. The van der Waals surface area contributed by atoms with Gasteiger partial charge in [0.2, 0.25) is 0 Å². The Morgan fingerprint density at radius 3 is 1.57 bits per heavy atom. The maximum Gasteiger partial charge on any atom is 0.180 e. The van der Waals surface area contributed by atoms with E-state index in [4.69, 9.17) is 21.2 Å². The molecule has 0 unspecified atom stereocenters. The van der Waals surface area contributed by atoms with Gasteiger partial charge in [0.05, 0.1) is 6.85 Å². The van der Waals surface area contributed by atoms with Crippen molar-refractivity contribution in [3.05, 3.63) is 182 Å². The molecule has 0 bridgehead atoms. The van der Waals surface area contributed by atoms with Crippen LogP contribution in [0, 0.1) is 0 Å². The molecule has 0 fully saturated rings. The Hall–Kier alpha value is -6.58. The van der Waals surface area contributed by atoms with E-state index >= 15 is 0 Å². The van der Waals surface area contributed by atoms with Gasteiger partial charge >= 0.3 is 0 Å². The molecule has 9 rings (SSSR count). The summed E-state index contributed by atoms with van der Waals surface area (Å²) in [6.07, 6.45) is 0. The van der Waals surface area contributed by atoms with Crippen molar-refractivity contribution in [3.8, 4) is 67.2 Å². The van der Waals surface area contributed by atoms with Crippen molar-refractivity contribution in [1.82, 2.24) is 9.97 Å². The first-order valence-electron chi connectivity index (χ1n) is 18.6. The summed E-state index contributed by atoms with van der Waals surface area (Å²) in [6, 6.07) is 48.9. The van der Waals surface area contributed by atoms with E-state index in [2.05, 4.69) is 54.6 Å². The molecule has 2 aromatic heterocycles. The Morgan fingerprint density at radius 1 is 0.408 bits per heavy atom. The number of fused-ring (bicyclic) bond motifs is 3. The molecule has 0 N–H and O–H groups in total. The first-order chi connectivity index (χ1) is 26.3. The highest BCUT2D eigenvalue weighted by Crippen LogP contribution is 2.38. The SMILES string of the molecule is [2H]c1c([2H])c([2H])c(-c2nc(-c3cccc(-c4cccc(-c5ccc(-c6ccccc6)cc5)c4)c3)nc3c2oc2cc(-c4ccccc4)ccc23)c([2H])c1[2H]. The second kappa shape index (κ2) is 12.2. The van der Waals surface area contributed by atoms with Crippen LogP contribution in [0.2, 0.25) is 0 Å². The molecule has 0 aliphatic heterocycles. The van der Waals surface area contributed by atoms with E-state index in [0.29, 0.717) is 22.5 Å². The van der Waals surface area contributed by atoms with E-state index in [1.54, 1.807) is 0 Å². The van der Waals surface area contributed by atoms with E-state index < -0.39 is 18.1 Å². The van der Waals surface area contributed by atoms with Gasteiger partial charge < -0.3 is 4.42 Å². The van der Waals surface area contributed by atoms with Gasteiger partial charge in [-0.05, 0) is 68.8 Å². The zero-order valence-corrected chi connectivity index (χ0v) is 26.2. The predicted molar refractivity (Wildman–Crippen MR) is 202 cm³/mol. The molecule has 0 spiro atoms. The number of hydrogen-bond acceptors (Lipinski definition) is 3. The number of hydrogen-bond donors (Lipinski definition) is 0. The molecule has 0 radical (unpaired) electrons. The molecule has 0 saturated carbocycles. The van der Waals surface area contributed by atoms with E-state index in [1.165, 1.54) is 5.56 Å². The monoisotopic (exact) mass is 631 g/mol. The Balaban J connectivity index is 1.18. The Bertz CT molecular complexity index is 2840. The van der Waals surface area contributed by atoms with E-state index in [0.717, 1.165) is 44.3 Å². The van der Waals surface area contributed by atoms with Crippen LogP contribution in [-0.2, 0) is 0 Å². The molecule has 3 heteroatoms. The molecule has 2 heterocycles. The lowest BCUT2D eigenvalue weighted by Crippen LogP contribution is -1.94. The lowest BCUT2D eigenvalue weighted by atomic mass is 9.96. The number of aromatic nitrogens is 2. The molecule has 9 aromatic rings. The highest BCUT2D eigenvalue weighted by atomic mass is 16.3. The molecule has 230 valence electrons.